The van der Waals surface area contributed by atoms with Crippen molar-refractivity contribution in [3.05, 3.63) is 38.9 Å². The number of halogens is 1. The molecule has 1 aliphatic heterocycles. The predicted molar refractivity (Wildman–Crippen MR) is 84.1 cm³/mol. The molecule has 1 amide bonds. The first kappa shape index (κ1) is 15.3. The van der Waals surface area contributed by atoms with Crippen LogP contribution in [0.4, 0.5) is 5.69 Å². The van der Waals surface area contributed by atoms with E-state index in [-0.39, 0.29) is 16.6 Å². The van der Waals surface area contributed by atoms with Crippen LogP contribution in [-0.4, -0.2) is 28.8 Å². The van der Waals surface area contributed by atoms with Crippen LogP contribution in [0.1, 0.15) is 42.5 Å². The first-order valence-electron chi connectivity index (χ1n) is 7.79. The van der Waals surface area contributed by atoms with Gasteiger partial charge in [-0.05, 0) is 36.8 Å². The molecule has 1 saturated carbocycles. The minimum Gasteiger partial charge on any atom is -0.338 e. The second-order valence-electron chi connectivity index (χ2n) is 6.27. The molecule has 0 spiro atoms. The number of likely N-dealkylation sites (tertiary alicyclic amines) is 1. The molecule has 2 fully saturated rings. The van der Waals surface area contributed by atoms with Gasteiger partial charge in [0.15, 0.2) is 0 Å². The van der Waals surface area contributed by atoms with Gasteiger partial charge in [0.25, 0.3) is 11.6 Å². The average Bonchev–Trinajstić information content (AvgIpc) is 2.54. The van der Waals surface area contributed by atoms with Crippen LogP contribution in [0, 0.1) is 22.0 Å². The number of hydrogen-bond acceptors (Lipinski definition) is 3. The lowest BCUT2D eigenvalue weighted by Crippen LogP contribution is -2.44. The third-order valence-electron chi connectivity index (χ3n) is 4.97. The molecule has 2 aliphatic rings. The van der Waals surface area contributed by atoms with Gasteiger partial charge in [-0.3, -0.25) is 14.9 Å². The van der Waals surface area contributed by atoms with Crippen molar-refractivity contribution in [2.24, 2.45) is 11.8 Å². The van der Waals surface area contributed by atoms with Crippen LogP contribution in [0.25, 0.3) is 0 Å². The fraction of sp³-hybridized carbons (Fsp3) is 0.562. The highest BCUT2D eigenvalue weighted by Crippen LogP contribution is 2.36. The molecule has 1 saturated heterocycles. The molecule has 0 aromatic heterocycles. The monoisotopic (exact) mass is 322 g/mol. The van der Waals surface area contributed by atoms with E-state index in [0.717, 1.165) is 25.4 Å². The summed E-state index contributed by atoms with van der Waals surface area (Å²) in [6, 6.07) is 4.29. The molecule has 0 unspecified atom stereocenters. The Morgan fingerprint density at radius 3 is 2.68 bits per heavy atom. The maximum Gasteiger partial charge on any atom is 0.288 e. The summed E-state index contributed by atoms with van der Waals surface area (Å²) in [4.78, 5) is 24.9. The standard InChI is InChI=1S/C16H19ClN2O3/c17-14-6-5-12(9-15(14)19(21)22)16(20)18-8-7-11-3-1-2-4-13(11)10-18/h5-6,9,11,13H,1-4,7-8,10H2/t11-,13-/m1/s1. The molecule has 0 radical (unpaired) electrons. The molecule has 0 N–H and O–H groups in total. The molecule has 2 atom stereocenters. The minimum absolute atomic E-state index is 0.0625. The van der Waals surface area contributed by atoms with Gasteiger partial charge in [0, 0.05) is 24.7 Å². The van der Waals surface area contributed by atoms with Gasteiger partial charge in [-0.1, -0.05) is 30.9 Å². The number of amides is 1. The Kier molecular flexibility index (Phi) is 4.34. The number of nitrogens with zero attached hydrogens (tertiary/aromatic N) is 2. The van der Waals surface area contributed by atoms with Crippen LogP contribution in [-0.2, 0) is 0 Å². The molecule has 118 valence electrons. The first-order chi connectivity index (χ1) is 10.6. The minimum atomic E-state index is -0.549. The van der Waals surface area contributed by atoms with E-state index in [1.165, 1.54) is 37.8 Å². The van der Waals surface area contributed by atoms with Crippen molar-refractivity contribution < 1.29 is 9.72 Å². The molecule has 6 heteroatoms. The maximum absolute atomic E-state index is 12.6. The summed E-state index contributed by atoms with van der Waals surface area (Å²) in [5.41, 5.74) is 0.144. The van der Waals surface area contributed by atoms with Gasteiger partial charge in [-0.2, -0.15) is 0 Å². The second kappa shape index (κ2) is 6.24. The van der Waals surface area contributed by atoms with Crippen LogP contribution in [0.15, 0.2) is 18.2 Å². The van der Waals surface area contributed by atoms with Crippen LogP contribution in [0.2, 0.25) is 5.02 Å². The highest BCUT2D eigenvalue weighted by Gasteiger charge is 2.33. The van der Waals surface area contributed by atoms with Gasteiger partial charge < -0.3 is 4.90 Å². The van der Waals surface area contributed by atoms with Crippen LogP contribution in [0.5, 0.6) is 0 Å². The van der Waals surface area contributed by atoms with E-state index in [1.807, 2.05) is 4.90 Å². The summed E-state index contributed by atoms with van der Waals surface area (Å²) in [5, 5.41) is 11.0. The highest BCUT2D eigenvalue weighted by atomic mass is 35.5. The number of carbonyl (C=O) groups excluding carboxylic acids is 1. The van der Waals surface area contributed by atoms with Crippen molar-refractivity contribution in [2.75, 3.05) is 13.1 Å². The molecule has 1 aromatic carbocycles. The molecule has 1 heterocycles. The lowest BCUT2D eigenvalue weighted by molar-refractivity contribution is -0.384. The Morgan fingerprint density at radius 1 is 1.23 bits per heavy atom. The smallest absolute Gasteiger partial charge is 0.288 e. The van der Waals surface area contributed by atoms with Crippen molar-refractivity contribution in [1.29, 1.82) is 0 Å². The summed E-state index contributed by atoms with van der Waals surface area (Å²) in [6.45, 7) is 1.52. The predicted octanol–water partition coefficient (Wildman–Crippen LogP) is 3.90. The van der Waals surface area contributed by atoms with E-state index in [9.17, 15) is 14.9 Å². The Balaban J connectivity index is 1.76. The summed E-state index contributed by atoms with van der Waals surface area (Å²) in [5.74, 6) is 1.22. The van der Waals surface area contributed by atoms with Crippen LogP contribution >= 0.6 is 11.6 Å². The number of fused-ring (bicyclic) bond motifs is 1. The molecule has 5 nitrogen and oxygen atoms in total. The van der Waals surface area contributed by atoms with Gasteiger partial charge in [-0.15, -0.1) is 0 Å². The van der Waals surface area contributed by atoms with Gasteiger partial charge in [-0.25, -0.2) is 0 Å². The van der Waals surface area contributed by atoms with E-state index >= 15 is 0 Å². The highest BCUT2D eigenvalue weighted by molar-refractivity contribution is 6.32. The lowest BCUT2D eigenvalue weighted by atomic mass is 9.75. The Bertz CT molecular complexity index is 605. The summed E-state index contributed by atoms with van der Waals surface area (Å²) in [6.07, 6.45) is 6.06. The van der Waals surface area contributed by atoms with Gasteiger partial charge in [0.2, 0.25) is 0 Å². The zero-order valence-corrected chi connectivity index (χ0v) is 13.1. The van der Waals surface area contributed by atoms with Crippen molar-refractivity contribution in [2.45, 2.75) is 32.1 Å². The van der Waals surface area contributed by atoms with E-state index in [2.05, 4.69) is 0 Å². The molecule has 1 aliphatic carbocycles. The van der Waals surface area contributed by atoms with E-state index in [4.69, 9.17) is 11.6 Å². The SMILES string of the molecule is O=C(c1ccc(Cl)c([N+](=O)[O-])c1)N1CC[C@H]2CCCC[C@@H]2C1. The van der Waals surface area contributed by atoms with Gasteiger partial charge in [0.05, 0.1) is 4.92 Å². The van der Waals surface area contributed by atoms with Gasteiger partial charge in [0.1, 0.15) is 5.02 Å². The number of piperidine rings is 1. The van der Waals surface area contributed by atoms with Crippen molar-refractivity contribution in [1.82, 2.24) is 4.90 Å². The van der Waals surface area contributed by atoms with Crippen LogP contribution in [0.3, 0.4) is 0 Å². The lowest BCUT2D eigenvalue weighted by Gasteiger charge is -2.41. The summed E-state index contributed by atoms with van der Waals surface area (Å²) < 4.78 is 0. The molecular weight excluding hydrogens is 304 g/mol. The van der Waals surface area contributed by atoms with Crippen LogP contribution < -0.4 is 0 Å². The zero-order chi connectivity index (χ0) is 15.7. The first-order valence-corrected chi connectivity index (χ1v) is 8.17. The Hall–Kier alpha value is -1.62. The van der Waals surface area contributed by atoms with Crippen molar-refractivity contribution in [3.8, 4) is 0 Å². The second-order valence-corrected chi connectivity index (χ2v) is 6.67. The normalized spacial score (nSPS) is 24.7. The molecule has 0 bridgehead atoms. The number of benzene rings is 1. The van der Waals surface area contributed by atoms with E-state index < -0.39 is 4.92 Å². The maximum atomic E-state index is 12.6. The number of hydrogen-bond donors (Lipinski definition) is 0. The fourth-order valence-corrected chi connectivity index (χ4v) is 3.94. The number of nitro groups is 1. The number of nitro benzene ring substituents is 1. The quantitative estimate of drug-likeness (QED) is 0.612. The Morgan fingerprint density at radius 2 is 1.95 bits per heavy atom. The largest absolute Gasteiger partial charge is 0.338 e. The molecule has 3 rings (SSSR count). The average molecular weight is 323 g/mol. The topological polar surface area (TPSA) is 63.4 Å². The third-order valence-corrected chi connectivity index (χ3v) is 5.29. The number of rotatable bonds is 2. The Labute approximate surface area is 134 Å². The fourth-order valence-electron chi connectivity index (χ4n) is 3.75. The molecule has 22 heavy (non-hydrogen) atoms. The number of carbonyl (C=O) groups is 1. The van der Waals surface area contributed by atoms with Crippen molar-refractivity contribution in [3.63, 3.8) is 0 Å². The third kappa shape index (κ3) is 2.95. The van der Waals surface area contributed by atoms with E-state index in [1.54, 1.807) is 6.07 Å². The van der Waals surface area contributed by atoms with E-state index in [0.29, 0.717) is 11.5 Å². The van der Waals surface area contributed by atoms with Crippen molar-refractivity contribution >= 4 is 23.2 Å². The zero-order valence-electron chi connectivity index (χ0n) is 12.3. The summed E-state index contributed by atoms with van der Waals surface area (Å²) >= 11 is 5.81. The molecular formula is C16H19ClN2O3. The van der Waals surface area contributed by atoms with Gasteiger partial charge >= 0.3 is 0 Å². The summed E-state index contributed by atoms with van der Waals surface area (Å²) in [7, 11) is 0. The molecule has 1 aromatic rings.